The summed E-state index contributed by atoms with van der Waals surface area (Å²) in [6.07, 6.45) is 5.13. The Morgan fingerprint density at radius 1 is 1.38 bits per heavy atom. The Labute approximate surface area is 99.4 Å². The van der Waals surface area contributed by atoms with Gasteiger partial charge in [-0.1, -0.05) is 27.2 Å². The van der Waals surface area contributed by atoms with E-state index in [1.165, 1.54) is 0 Å². The van der Waals surface area contributed by atoms with Crippen molar-refractivity contribution < 1.29 is 4.79 Å². The van der Waals surface area contributed by atoms with Crippen molar-refractivity contribution in [1.82, 2.24) is 10.6 Å². The highest BCUT2D eigenvalue weighted by molar-refractivity contribution is 5.83. The molecule has 94 valence electrons. The first-order valence-corrected chi connectivity index (χ1v) is 6.70. The van der Waals surface area contributed by atoms with E-state index in [0.29, 0.717) is 6.04 Å². The van der Waals surface area contributed by atoms with Crippen LogP contribution in [0.1, 0.15) is 52.9 Å². The molecule has 0 bridgehead atoms. The van der Waals surface area contributed by atoms with Gasteiger partial charge in [-0.2, -0.15) is 0 Å². The SMILES string of the molecule is CCCC1(C(=O)NC(CC)CC)CCNC1. The normalized spacial score (nSPS) is 25.0. The lowest BCUT2D eigenvalue weighted by Crippen LogP contribution is -2.46. The lowest BCUT2D eigenvalue weighted by Gasteiger charge is -2.29. The first-order chi connectivity index (χ1) is 7.68. The van der Waals surface area contributed by atoms with Gasteiger partial charge in [-0.3, -0.25) is 4.79 Å². The average molecular weight is 226 g/mol. The van der Waals surface area contributed by atoms with E-state index in [2.05, 4.69) is 31.4 Å². The van der Waals surface area contributed by atoms with Gasteiger partial charge < -0.3 is 10.6 Å². The van der Waals surface area contributed by atoms with Crippen LogP contribution in [-0.4, -0.2) is 25.0 Å². The van der Waals surface area contributed by atoms with Crippen LogP contribution in [0.15, 0.2) is 0 Å². The molecule has 0 aliphatic carbocycles. The maximum absolute atomic E-state index is 12.3. The standard InChI is InChI=1S/C13H26N2O/c1-4-7-13(8-9-14-10-13)12(16)15-11(5-2)6-3/h11,14H,4-10H2,1-3H3,(H,15,16). The van der Waals surface area contributed by atoms with Gasteiger partial charge in [-0.05, 0) is 32.2 Å². The van der Waals surface area contributed by atoms with Gasteiger partial charge in [0.25, 0.3) is 0 Å². The van der Waals surface area contributed by atoms with Crippen LogP contribution in [0.2, 0.25) is 0 Å². The minimum atomic E-state index is -0.128. The molecule has 1 fully saturated rings. The van der Waals surface area contributed by atoms with E-state index in [9.17, 15) is 4.79 Å². The second-order valence-corrected chi connectivity index (χ2v) is 4.94. The van der Waals surface area contributed by atoms with Gasteiger partial charge in [-0.15, -0.1) is 0 Å². The third-order valence-electron chi connectivity index (χ3n) is 3.77. The molecular formula is C13H26N2O. The average Bonchev–Trinajstić information content (AvgIpc) is 2.76. The van der Waals surface area contributed by atoms with Crippen LogP contribution >= 0.6 is 0 Å². The third-order valence-corrected chi connectivity index (χ3v) is 3.77. The Bertz CT molecular complexity index is 218. The molecule has 0 spiro atoms. The summed E-state index contributed by atoms with van der Waals surface area (Å²) in [4.78, 5) is 12.3. The molecule has 1 amide bonds. The summed E-state index contributed by atoms with van der Waals surface area (Å²) in [6.45, 7) is 8.26. The van der Waals surface area contributed by atoms with Crippen LogP contribution in [0.5, 0.6) is 0 Å². The molecule has 0 aromatic carbocycles. The molecule has 0 aromatic rings. The lowest BCUT2D eigenvalue weighted by molar-refractivity contribution is -0.131. The van der Waals surface area contributed by atoms with E-state index < -0.39 is 0 Å². The fraction of sp³-hybridized carbons (Fsp3) is 0.923. The number of amides is 1. The predicted molar refractivity (Wildman–Crippen MR) is 67.3 cm³/mol. The van der Waals surface area contributed by atoms with E-state index in [4.69, 9.17) is 0 Å². The Morgan fingerprint density at radius 2 is 2.06 bits per heavy atom. The topological polar surface area (TPSA) is 41.1 Å². The summed E-state index contributed by atoms with van der Waals surface area (Å²) in [6, 6.07) is 0.349. The monoisotopic (exact) mass is 226 g/mol. The van der Waals surface area contributed by atoms with Crippen LogP contribution in [-0.2, 0) is 4.79 Å². The second kappa shape index (κ2) is 6.24. The molecule has 2 N–H and O–H groups in total. The molecule has 1 atom stereocenters. The predicted octanol–water partition coefficient (Wildman–Crippen LogP) is 2.07. The number of hydrogen-bond donors (Lipinski definition) is 2. The second-order valence-electron chi connectivity index (χ2n) is 4.94. The molecule has 1 saturated heterocycles. The molecule has 1 aliphatic heterocycles. The summed E-state index contributed by atoms with van der Waals surface area (Å²) in [7, 11) is 0. The Kier molecular flexibility index (Phi) is 5.26. The molecule has 1 unspecified atom stereocenters. The minimum Gasteiger partial charge on any atom is -0.353 e. The van der Waals surface area contributed by atoms with E-state index in [1.54, 1.807) is 0 Å². The molecule has 1 heterocycles. The third kappa shape index (κ3) is 2.97. The molecule has 3 nitrogen and oxygen atoms in total. The van der Waals surface area contributed by atoms with E-state index in [-0.39, 0.29) is 11.3 Å². The van der Waals surface area contributed by atoms with Crippen LogP contribution in [0, 0.1) is 5.41 Å². The molecule has 1 aliphatic rings. The van der Waals surface area contributed by atoms with Gasteiger partial charge in [0, 0.05) is 12.6 Å². The van der Waals surface area contributed by atoms with Crippen LogP contribution in [0.3, 0.4) is 0 Å². The van der Waals surface area contributed by atoms with Gasteiger partial charge in [0.15, 0.2) is 0 Å². The van der Waals surface area contributed by atoms with Crippen LogP contribution < -0.4 is 10.6 Å². The summed E-state index contributed by atoms with van der Waals surface area (Å²) < 4.78 is 0. The number of carbonyl (C=O) groups is 1. The quantitative estimate of drug-likeness (QED) is 0.728. The highest BCUT2D eigenvalue weighted by Crippen LogP contribution is 2.31. The molecule has 16 heavy (non-hydrogen) atoms. The van der Waals surface area contributed by atoms with Crippen molar-refractivity contribution in [1.29, 1.82) is 0 Å². The Hall–Kier alpha value is -0.570. The number of hydrogen-bond acceptors (Lipinski definition) is 2. The fourth-order valence-corrected chi connectivity index (χ4v) is 2.57. The fourth-order valence-electron chi connectivity index (χ4n) is 2.57. The van der Waals surface area contributed by atoms with E-state index in [0.717, 1.165) is 45.2 Å². The Morgan fingerprint density at radius 3 is 2.50 bits per heavy atom. The van der Waals surface area contributed by atoms with Gasteiger partial charge in [0.2, 0.25) is 5.91 Å². The van der Waals surface area contributed by atoms with Gasteiger partial charge in [0.05, 0.1) is 5.41 Å². The summed E-state index contributed by atoms with van der Waals surface area (Å²) >= 11 is 0. The number of rotatable bonds is 6. The zero-order chi connectivity index (χ0) is 12.0. The molecule has 0 radical (unpaired) electrons. The first kappa shape index (κ1) is 13.5. The van der Waals surface area contributed by atoms with Crippen molar-refractivity contribution in [3.05, 3.63) is 0 Å². The van der Waals surface area contributed by atoms with E-state index in [1.807, 2.05) is 0 Å². The molecule has 3 heteroatoms. The largest absolute Gasteiger partial charge is 0.353 e. The first-order valence-electron chi connectivity index (χ1n) is 6.70. The molecular weight excluding hydrogens is 200 g/mol. The molecule has 0 aromatic heterocycles. The van der Waals surface area contributed by atoms with Gasteiger partial charge >= 0.3 is 0 Å². The maximum atomic E-state index is 12.3. The highest BCUT2D eigenvalue weighted by atomic mass is 16.2. The van der Waals surface area contributed by atoms with Crippen molar-refractivity contribution in [3.63, 3.8) is 0 Å². The Balaban J connectivity index is 2.60. The van der Waals surface area contributed by atoms with Crippen LogP contribution in [0.25, 0.3) is 0 Å². The summed E-state index contributed by atoms with van der Waals surface area (Å²) in [5.41, 5.74) is -0.128. The smallest absolute Gasteiger partial charge is 0.227 e. The van der Waals surface area contributed by atoms with Crippen molar-refractivity contribution in [2.24, 2.45) is 5.41 Å². The van der Waals surface area contributed by atoms with Crippen LogP contribution in [0.4, 0.5) is 0 Å². The van der Waals surface area contributed by atoms with E-state index >= 15 is 0 Å². The molecule has 0 saturated carbocycles. The van der Waals surface area contributed by atoms with Crippen molar-refractivity contribution in [2.75, 3.05) is 13.1 Å². The van der Waals surface area contributed by atoms with Crippen molar-refractivity contribution in [3.8, 4) is 0 Å². The number of carbonyl (C=O) groups excluding carboxylic acids is 1. The number of nitrogens with one attached hydrogen (secondary N) is 2. The lowest BCUT2D eigenvalue weighted by atomic mass is 9.81. The maximum Gasteiger partial charge on any atom is 0.227 e. The zero-order valence-electron chi connectivity index (χ0n) is 10.9. The summed E-state index contributed by atoms with van der Waals surface area (Å²) in [5.74, 6) is 0.271. The summed E-state index contributed by atoms with van der Waals surface area (Å²) in [5, 5.41) is 6.53. The highest BCUT2D eigenvalue weighted by Gasteiger charge is 2.40. The van der Waals surface area contributed by atoms with Gasteiger partial charge in [-0.25, -0.2) is 0 Å². The minimum absolute atomic E-state index is 0.128. The molecule has 1 rings (SSSR count). The zero-order valence-corrected chi connectivity index (χ0v) is 10.9. The van der Waals surface area contributed by atoms with Gasteiger partial charge in [0.1, 0.15) is 0 Å². The van der Waals surface area contributed by atoms with Crippen molar-refractivity contribution in [2.45, 2.75) is 58.9 Å². The van der Waals surface area contributed by atoms with Crippen molar-refractivity contribution >= 4 is 5.91 Å².